The van der Waals surface area contributed by atoms with Crippen LogP contribution in [0.3, 0.4) is 0 Å². The Bertz CT molecular complexity index is 905. The Kier molecular flexibility index (Phi) is 6.76. The lowest BCUT2D eigenvalue weighted by Gasteiger charge is -2.30. The molecule has 2 amide bonds. The highest BCUT2D eigenvalue weighted by Gasteiger charge is 2.31. The molecule has 1 aliphatic rings. The van der Waals surface area contributed by atoms with Crippen LogP contribution < -0.4 is 10.1 Å². The van der Waals surface area contributed by atoms with Crippen LogP contribution in [0.4, 0.5) is 18.9 Å². The molecular weight excluding hydrogens is 397 g/mol. The smallest absolute Gasteiger partial charge is 0.406 e. The number of piperidine rings is 1. The Morgan fingerprint density at radius 1 is 1.03 bits per heavy atom. The van der Waals surface area contributed by atoms with Crippen molar-refractivity contribution in [2.24, 2.45) is 5.92 Å². The quantitative estimate of drug-likeness (QED) is 0.729. The highest BCUT2D eigenvalue weighted by molar-refractivity contribution is 5.94. The molecule has 0 atom stereocenters. The van der Waals surface area contributed by atoms with Crippen LogP contribution in [0.2, 0.25) is 0 Å². The molecule has 0 aliphatic carbocycles. The summed E-state index contributed by atoms with van der Waals surface area (Å²) in [7, 11) is 0. The van der Waals surface area contributed by atoms with Crippen molar-refractivity contribution in [3.8, 4) is 5.75 Å². The molecular formula is C22H21F3N2O3. The summed E-state index contributed by atoms with van der Waals surface area (Å²) in [6.07, 6.45) is -0.568. The minimum absolute atomic E-state index is 0.116. The third-order valence-electron chi connectivity index (χ3n) is 4.73. The molecule has 1 saturated heterocycles. The number of halogens is 3. The van der Waals surface area contributed by atoms with E-state index in [9.17, 15) is 22.8 Å². The summed E-state index contributed by atoms with van der Waals surface area (Å²) in [5.74, 6) is -1.12. The maximum atomic E-state index is 12.5. The van der Waals surface area contributed by atoms with Crippen LogP contribution in [0.5, 0.6) is 5.75 Å². The van der Waals surface area contributed by atoms with E-state index < -0.39 is 12.1 Å². The van der Waals surface area contributed by atoms with Crippen molar-refractivity contribution in [1.82, 2.24) is 4.90 Å². The van der Waals surface area contributed by atoms with Gasteiger partial charge in [-0.2, -0.15) is 0 Å². The summed E-state index contributed by atoms with van der Waals surface area (Å²) in [6, 6.07) is 14.6. The minimum Gasteiger partial charge on any atom is -0.406 e. The lowest BCUT2D eigenvalue weighted by molar-refractivity contribution is -0.274. The zero-order valence-corrected chi connectivity index (χ0v) is 16.1. The van der Waals surface area contributed by atoms with Gasteiger partial charge in [-0.1, -0.05) is 36.4 Å². The molecule has 2 aromatic rings. The summed E-state index contributed by atoms with van der Waals surface area (Å²) in [5.41, 5.74) is 1.16. The molecule has 30 heavy (non-hydrogen) atoms. The van der Waals surface area contributed by atoms with E-state index in [-0.39, 0.29) is 23.4 Å². The van der Waals surface area contributed by atoms with Gasteiger partial charge in [0.2, 0.25) is 11.8 Å². The first-order valence-electron chi connectivity index (χ1n) is 9.49. The monoisotopic (exact) mass is 418 g/mol. The van der Waals surface area contributed by atoms with Crippen LogP contribution in [-0.2, 0) is 9.59 Å². The highest BCUT2D eigenvalue weighted by atomic mass is 19.4. The van der Waals surface area contributed by atoms with Gasteiger partial charge >= 0.3 is 6.36 Å². The Morgan fingerprint density at radius 2 is 1.73 bits per heavy atom. The number of alkyl halides is 3. The number of hydrogen-bond donors (Lipinski definition) is 1. The number of benzene rings is 2. The largest absolute Gasteiger partial charge is 0.573 e. The van der Waals surface area contributed by atoms with Crippen LogP contribution in [0.1, 0.15) is 18.4 Å². The van der Waals surface area contributed by atoms with E-state index in [0.29, 0.717) is 25.9 Å². The van der Waals surface area contributed by atoms with Crippen molar-refractivity contribution >= 4 is 23.6 Å². The van der Waals surface area contributed by atoms with Gasteiger partial charge in [-0.15, -0.1) is 13.2 Å². The van der Waals surface area contributed by atoms with Crippen molar-refractivity contribution in [3.05, 3.63) is 66.2 Å². The SMILES string of the molecule is O=C(Nc1cccc(OC(F)(F)F)c1)C1CCN(C(=O)/C=C/c2ccccc2)CC1. The minimum atomic E-state index is -4.79. The average Bonchev–Trinajstić information content (AvgIpc) is 2.72. The molecule has 8 heteroatoms. The Morgan fingerprint density at radius 3 is 2.40 bits per heavy atom. The third kappa shape index (κ3) is 6.37. The van der Waals surface area contributed by atoms with E-state index in [2.05, 4.69) is 10.1 Å². The summed E-state index contributed by atoms with van der Waals surface area (Å²) >= 11 is 0. The van der Waals surface area contributed by atoms with Gasteiger partial charge in [0.05, 0.1) is 0 Å². The Balaban J connectivity index is 1.50. The van der Waals surface area contributed by atoms with Crippen LogP contribution in [-0.4, -0.2) is 36.2 Å². The van der Waals surface area contributed by atoms with E-state index >= 15 is 0 Å². The second-order valence-corrected chi connectivity index (χ2v) is 6.91. The molecule has 5 nitrogen and oxygen atoms in total. The predicted molar refractivity (Wildman–Crippen MR) is 107 cm³/mol. The molecule has 0 aromatic heterocycles. The van der Waals surface area contributed by atoms with E-state index in [1.807, 2.05) is 30.3 Å². The number of nitrogens with zero attached hydrogens (tertiary/aromatic N) is 1. The number of likely N-dealkylation sites (tertiary alicyclic amines) is 1. The number of amides is 2. The lowest BCUT2D eigenvalue weighted by atomic mass is 9.95. The maximum Gasteiger partial charge on any atom is 0.573 e. The first kappa shape index (κ1) is 21.4. The molecule has 1 heterocycles. The number of carbonyl (C=O) groups is 2. The van der Waals surface area contributed by atoms with E-state index in [1.54, 1.807) is 11.0 Å². The molecule has 1 fully saturated rings. The summed E-state index contributed by atoms with van der Waals surface area (Å²) < 4.78 is 40.9. The van der Waals surface area contributed by atoms with E-state index in [1.165, 1.54) is 18.2 Å². The van der Waals surface area contributed by atoms with Crippen molar-refractivity contribution < 1.29 is 27.5 Å². The number of rotatable bonds is 5. The van der Waals surface area contributed by atoms with Gasteiger partial charge in [0.15, 0.2) is 0 Å². The second kappa shape index (κ2) is 9.47. The summed E-state index contributed by atoms with van der Waals surface area (Å²) in [6.45, 7) is 0.876. The van der Waals surface area contributed by atoms with Gasteiger partial charge in [-0.05, 0) is 36.6 Å². The fourth-order valence-corrected chi connectivity index (χ4v) is 3.21. The zero-order valence-electron chi connectivity index (χ0n) is 16.1. The van der Waals surface area contributed by atoms with Crippen molar-refractivity contribution in [2.45, 2.75) is 19.2 Å². The van der Waals surface area contributed by atoms with Gasteiger partial charge in [-0.25, -0.2) is 0 Å². The van der Waals surface area contributed by atoms with Gasteiger partial charge < -0.3 is 15.0 Å². The average molecular weight is 418 g/mol. The fraction of sp³-hybridized carbons (Fsp3) is 0.273. The first-order chi connectivity index (χ1) is 14.3. The maximum absolute atomic E-state index is 12.5. The third-order valence-corrected chi connectivity index (χ3v) is 4.73. The molecule has 0 bridgehead atoms. The van der Waals surface area contributed by atoms with Crippen molar-refractivity contribution in [3.63, 3.8) is 0 Å². The van der Waals surface area contributed by atoms with Gasteiger partial charge in [0.1, 0.15) is 5.75 Å². The highest BCUT2D eigenvalue weighted by Crippen LogP contribution is 2.26. The van der Waals surface area contributed by atoms with Crippen LogP contribution >= 0.6 is 0 Å². The molecule has 158 valence electrons. The van der Waals surface area contributed by atoms with Crippen LogP contribution in [0.15, 0.2) is 60.7 Å². The normalized spacial score (nSPS) is 15.2. The number of hydrogen-bond acceptors (Lipinski definition) is 3. The van der Waals surface area contributed by atoms with Crippen molar-refractivity contribution in [1.29, 1.82) is 0 Å². The van der Waals surface area contributed by atoms with Crippen LogP contribution in [0, 0.1) is 5.92 Å². The molecule has 1 aliphatic heterocycles. The first-order valence-corrected chi connectivity index (χ1v) is 9.49. The van der Waals surface area contributed by atoms with Gasteiger partial charge in [-0.3, -0.25) is 9.59 Å². The van der Waals surface area contributed by atoms with Crippen molar-refractivity contribution in [2.75, 3.05) is 18.4 Å². The number of anilines is 1. The lowest BCUT2D eigenvalue weighted by Crippen LogP contribution is -2.40. The molecule has 0 spiro atoms. The predicted octanol–water partition coefficient (Wildman–Crippen LogP) is 4.48. The molecule has 2 aromatic carbocycles. The standard InChI is InChI=1S/C22H21F3N2O3/c23-22(24,25)30-19-8-4-7-18(15-19)26-21(29)17-11-13-27(14-12-17)20(28)10-9-16-5-2-1-3-6-16/h1-10,15,17H,11-14H2,(H,26,29)/b10-9+. The number of nitrogens with one attached hydrogen (secondary N) is 1. The topological polar surface area (TPSA) is 58.6 Å². The van der Waals surface area contributed by atoms with Gasteiger partial charge in [0, 0.05) is 36.8 Å². The Hall–Kier alpha value is -3.29. The fourth-order valence-electron chi connectivity index (χ4n) is 3.21. The second-order valence-electron chi connectivity index (χ2n) is 6.91. The van der Waals surface area contributed by atoms with E-state index in [4.69, 9.17) is 0 Å². The van der Waals surface area contributed by atoms with Crippen LogP contribution in [0.25, 0.3) is 6.08 Å². The zero-order chi connectivity index (χ0) is 21.6. The Labute approximate surface area is 172 Å². The number of carbonyl (C=O) groups excluding carboxylic acids is 2. The number of ether oxygens (including phenoxy) is 1. The summed E-state index contributed by atoms with van der Waals surface area (Å²) in [4.78, 5) is 26.5. The van der Waals surface area contributed by atoms with E-state index in [0.717, 1.165) is 17.7 Å². The molecule has 0 radical (unpaired) electrons. The molecule has 0 unspecified atom stereocenters. The summed E-state index contributed by atoms with van der Waals surface area (Å²) in [5, 5.41) is 2.62. The molecule has 1 N–H and O–H groups in total. The molecule has 3 rings (SSSR count). The molecule has 0 saturated carbocycles. The van der Waals surface area contributed by atoms with Gasteiger partial charge in [0.25, 0.3) is 0 Å².